The topological polar surface area (TPSA) is 21.3 Å². The molecule has 0 amide bonds. The maximum Gasteiger partial charge on any atom is 0.154 e. The van der Waals surface area contributed by atoms with Crippen molar-refractivity contribution in [2.45, 2.75) is 0 Å². The van der Waals surface area contributed by atoms with E-state index in [1.54, 1.807) is 11.3 Å². The Morgan fingerprint density at radius 3 is 2.02 bits per heavy atom. The van der Waals surface area contributed by atoms with Crippen LogP contribution in [0.3, 0.4) is 0 Å². The van der Waals surface area contributed by atoms with Gasteiger partial charge in [0.15, 0.2) is 5.58 Å². The Morgan fingerprint density at radius 1 is 0.458 bits per heavy atom. The molecule has 0 atom stereocenters. The maximum atomic E-state index is 6.55. The molecular weight excluding hydrogens is 605 g/mol. The largest absolute Gasteiger partial charge is 0.454 e. The number of aromatic nitrogens is 1. The van der Waals surface area contributed by atoms with E-state index in [0.29, 0.717) is 0 Å². The molecule has 7 aromatic carbocycles. The van der Waals surface area contributed by atoms with Crippen LogP contribution in [0.2, 0.25) is 0 Å². The fraction of sp³-hybridized carbons (Fsp3) is 0. The minimum Gasteiger partial charge on any atom is -0.454 e. The van der Waals surface area contributed by atoms with Crippen LogP contribution in [0.25, 0.3) is 70.0 Å². The Bertz CT molecular complexity index is 2790. The van der Waals surface area contributed by atoms with E-state index in [0.717, 1.165) is 39.2 Å². The number of hydrogen-bond donors (Lipinski definition) is 0. The minimum absolute atomic E-state index is 0.900. The Labute approximate surface area is 281 Å². The summed E-state index contributed by atoms with van der Waals surface area (Å²) in [6, 6.07) is 60.7. The predicted octanol–water partition coefficient (Wildman–Crippen LogP) is 13.0. The van der Waals surface area contributed by atoms with Crippen molar-refractivity contribution >= 4 is 81.5 Å². The summed E-state index contributed by atoms with van der Waals surface area (Å²) in [4.78, 5) is 2.32. The highest BCUT2D eigenvalue weighted by atomic mass is 32.1. The number of benzene rings is 7. The summed E-state index contributed by atoms with van der Waals surface area (Å²) >= 11 is 1.80. The smallest absolute Gasteiger partial charge is 0.154 e. The first-order valence-corrected chi connectivity index (χ1v) is 17.0. The van der Waals surface area contributed by atoms with E-state index in [1.165, 1.54) is 47.8 Å². The lowest BCUT2D eigenvalue weighted by Gasteiger charge is -2.26. The van der Waals surface area contributed by atoms with E-state index in [-0.39, 0.29) is 0 Å². The second kappa shape index (κ2) is 10.7. The molecule has 0 aliphatic rings. The zero-order valence-corrected chi connectivity index (χ0v) is 26.7. The van der Waals surface area contributed by atoms with Gasteiger partial charge in [-0.1, -0.05) is 84.9 Å². The average Bonchev–Trinajstić information content (AvgIpc) is 3.80. The predicted molar refractivity (Wildman–Crippen MR) is 204 cm³/mol. The van der Waals surface area contributed by atoms with Gasteiger partial charge in [0, 0.05) is 55.1 Å². The van der Waals surface area contributed by atoms with E-state index in [2.05, 4.69) is 179 Å². The number of rotatable bonds is 5. The molecule has 0 fully saturated rings. The molecule has 0 aliphatic carbocycles. The summed E-state index contributed by atoms with van der Waals surface area (Å²) in [7, 11) is 0. The van der Waals surface area contributed by atoms with Gasteiger partial charge in [-0.3, -0.25) is 0 Å². The Morgan fingerprint density at radius 2 is 1.15 bits per heavy atom. The van der Waals surface area contributed by atoms with Gasteiger partial charge in [0.25, 0.3) is 0 Å². The van der Waals surface area contributed by atoms with Gasteiger partial charge in [-0.25, -0.2) is 0 Å². The van der Waals surface area contributed by atoms with Crippen molar-refractivity contribution in [3.05, 3.63) is 170 Å². The molecule has 0 N–H and O–H groups in total. The second-order valence-corrected chi connectivity index (χ2v) is 13.2. The summed E-state index contributed by atoms with van der Waals surface area (Å²) in [6.45, 7) is 0. The van der Waals surface area contributed by atoms with Crippen LogP contribution in [0.4, 0.5) is 17.1 Å². The van der Waals surface area contributed by atoms with Gasteiger partial charge < -0.3 is 13.9 Å². The number of fused-ring (bicyclic) bond motifs is 8. The Hall–Kier alpha value is -6.10. The number of anilines is 3. The second-order valence-electron chi connectivity index (χ2n) is 12.2. The first kappa shape index (κ1) is 27.1. The highest BCUT2D eigenvalue weighted by Gasteiger charge is 2.19. The lowest BCUT2D eigenvalue weighted by molar-refractivity contribution is 0.673. The standard InChI is InChI=1S/C44H28N2OS/c1-3-13-31(14-4-1)45(34-23-24-36-41(28-34)47-43-37-19-8-10-21-42(37)48-44(36)43)33-17-11-12-29(26-33)30-22-25-40-38(27-30)35-18-7-9-20-39(35)46(40)32-15-5-2-6-16-32/h1-28H. The summed E-state index contributed by atoms with van der Waals surface area (Å²) < 4.78 is 11.4. The van der Waals surface area contributed by atoms with E-state index in [9.17, 15) is 0 Å². The third kappa shape index (κ3) is 4.20. The van der Waals surface area contributed by atoms with E-state index >= 15 is 0 Å². The van der Waals surface area contributed by atoms with Gasteiger partial charge in [-0.05, 0) is 90.0 Å². The lowest BCUT2D eigenvalue weighted by Crippen LogP contribution is -2.09. The van der Waals surface area contributed by atoms with Crippen molar-refractivity contribution < 1.29 is 4.42 Å². The van der Waals surface area contributed by atoms with Gasteiger partial charge in [-0.15, -0.1) is 11.3 Å². The number of furan rings is 1. The summed E-state index contributed by atoms with van der Waals surface area (Å²) in [5, 5.41) is 4.82. The summed E-state index contributed by atoms with van der Waals surface area (Å²) in [6.07, 6.45) is 0. The highest BCUT2D eigenvalue weighted by Crippen LogP contribution is 2.44. The van der Waals surface area contributed by atoms with Crippen LogP contribution in [0, 0.1) is 0 Å². The molecule has 0 saturated heterocycles. The third-order valence-electron chi connectivity index (χ3n) is 9.37. The van der Waals surface area contributed by atoms with Gasteiger partial charge in [0.1, 0.15) is 5.58 Å². The van der Waals surface area contributed by atoms with Crippen LogP contribution in [-0.4, -0.2) is 4.57 Å². The summed E-state index contributed by atoms with van der Waals surface area (Å²) in [5.74, 6) is 0. The van der Waals surface area contributed by atoms with Crippen LogP contribution >= 0.6 is 11.3 Å². The fourth-order valence-electron chi connectivity index (χ4n) is 7.19. The monoisotopic (exact) mass is 632 g/mol. The van der Waals surface area contributed by atoms with Crippen molar-refractivity contribution in [2.24, 2.45) is 0 Å². The van der Waals surface area contributed by atoms with Gasteiger partial charge >= 0.3 is 0 Å². The molecule has 0 unspecified atom stereocenters. The number of hydrogen-bond acceptors (Lipinski definition) is 3. The zero-order valence-electron chi connectivity index (χ0n) is 25.9. The number of para-hydroxylation sites is 3. The molecule has 0 saturated carbocycles. The van der Waals surface area contributed by atoms with Gasteiger partial charge in [0.05, 0.1) is 15.7 Å². The van der Waals surface area contributed by atoms with E-state index in [1.807, 2.05) is 0 Å². The SMILES string of the molecule is c1ccc(N(c2cccc(-c3ccc4c(c3)c3ccccc3n4-c3ccccc3)c2)c2ccc3c(c2)oc2c4ccccc4sc32)cc1. The average molecular weight is 633 g/mol. The minimum atomic E-state index is 0.900. The first-order chi connectivity index (χ1) is 23.8. The summed E-state index contributed by atoms with van der Waals surface area (Å²) in [5.41, 5.74) is 11.0. The highest BCUT2D eigenvalue weighted by molar-refractivity contribution is 7.26. The van der Waals surface area contributed by atoms with Crippen LogP contribution in [-0.2, 0) is 0 Å². The molecule has 10 aromatic rings. The van der Waals surface area contributed by atoms with Crippen LogP contribution < -0.4 is 4.90 Å². The molecule has 0 radical (unpaired) electrons. The molecule has 4 heteroatoms. The van der Waals surface area contributed by atoms with Gasteiger partial charge in [-0.2, -0.15) is 0 Å². The van der Waals surface area contributed by atoms with Crippen LogP contribution in [0.5, 0.6) is 0 Å². The molecular formula is C44H28N2OS. The fourth-order valence-corrected chi connectivity index (χ4v) is 8.35. The van der Waals surface area contributed by atoms with Crippen molar-refractivity contribution in [3.8, 4) is 16.8 Å². The third-order valence-corrected chi connectivity index (χ3v) is 10.6. The zero-order chi connectivity index (χ0) is 31.6. The molecule has 0 bridgehead atoms. The molecule has 0 spiro atoms. The molecule has 226 valence electrons. The van der Waals surface area contributed by atoms with Gasteiger partial charge in [0.2, 0.25) is 0 Å². The van der Waals surface area contributed by atoms with Crippen molar-refractivity contribution in [1.82, 2.24) is 4.57 Å². The molecule has 10 rings (SSSR count). The van der Waals surface area contributed by atoms with Crippen LogP contribution in [0.15, 0.2) is 174 Å². The van der Waals surface area contributed by atoms with E-state index in [4.69, 9.17) is 4.42 Å². The van der Waals surface area contributed by atoms with Crippen LogP contribution in [0.1, 0.15) is 0 Å². The number of nitrogens with zero attached hydrogens (tertiary/aromatic N) is 2. The Kier molecular flexibility index (Phi) is 6.05. The van der Waals surface area contributed by atoms with Crippen molar-refractivity contribution in [3.63, 3.8) is 0 Å². The quantitative estimate of drug-likeness (QED) is 0.188. The molecule has 48 heavy (non-hydrogen) atoms. The molecule has 0 aliphatic heterocycles. The van der Waals surface area contributed by atoms with E-state index < -0.39 is 0 Å². The number of thiophene rings is 1. The van der Waals surface area contributed by atoms with Crippen molar-refractivity contribution in [1.29, 1.82) is 0 Å². The van der Waals surface area contributed by atoms with Crippen molar-refractivity contribution in [2.75, 3.05) is 4.90 Å². The lowest BCUT2D eigenvalue weighted by atomic mass is 10.0. The molecule has 3 heterocycles. The molecule has 3 nitrogen and oxygen atoms in total. The Balaban J connectivity index is 1.11. The normalized spacial score (nSPS) is 11.8. The first-order valence-electron chi connectivity index (χ1n) is 16.2. The molecule has 3 aromatic heterocycles. The maximum absolute atomic E-state index is 6.55.